The highest BCUT2D eigenvalue weighted by Crippen LogP contribution is 2.31. The molecule has 0 fully saturated rings. The average molecular weight is 201 g/mol. The van der Waals surface area contributed by atoms with E-state index in [2.05, 4.69) is 10.0 Å². The first-order valence-electron chi connectivity index (χ1n) is 3.68. The molecule has 0 N–H and O–H groups in total. The number of halogens is 3. The third kappa shape index (κ3) is 2.17. The van der Waals surface area contributed by atoms with E-state index in [-0.39, 0.29) is 5.69 Å². The second-order valence-electron chi connectivity index (χ2n) is 2.74. The van der Waals surface area contributed by atoms with Gasteiger partial charge in [0.15, 0.2) is 0 Å². The zero-order chi connectivity index (χ0) is 10.8. The van der Waals surface area contributed by atoms with E-state index in [0.717, 1.165) is 18.2 Å². The molecule has 0 aliphatic heterocycles. The molecule has 0 unspecified atom stereocenters. The van der Waals surface area contributed by atoms with Crippen molar-refractivity contribution in [3.63, 3.8) is 0 Å². The summed E-state index contributed by atoms with van der Waals surface area (Å²) in [4.78, 5) is 2.42. The van der Waals surface area contributed by atoms with Crippen LogP contribution in [0.1, 0.15) is 12.5 Å². The minimum Gasteiger partial charge on any atom is -0.206 e. The lowest BCUT2D eigenvalue weighted by molar-refractivity contribution is 0.0138. The van der Waals surface area contributed by atoms with Gasteiger partial charge in [-0.25, -0.2) is 13.2 Å². The molecule has 0 heterocycles. The molecule has 0 saturated heterocycles. The van der Waals surface area contributed by atoms with Crippen LogP contribution in [-0.2, 0) is 5.92 Å². The lowest BCUT2D eigenvalue weighted by Crippen LogP contribution is -2.09. The van der Waals surface area contributed by atoms with Crippen molar-refractivity contribution in [3.05, 3.63) is 40.0 Å². The Kier molecular flexibility index (Phi) is 2.67. The molecule has 6 heteroatoms. The number of nitrogens with zero attached hydrogens (tertiary/aromatic N) is 3. The Bertz CT molecular complexity index is 391. The number of hydrogen-bond donors (Lipinski definition) is 0. The Morgan fingerprint density at radius 1 is 1.43 bits per heavy atom. The Hall–Kier alpha value is -1.68. The first kappa shape index (κ1) is 10.4. The number of benzene rings is 1. The van der Waals surface area contributed by atoms with Crippen molar-refractivity contribution in [1.82, 2.24) is 0 Å². The first-order valence-corrected chi connectivity index (χ1v) is 3.68. The molecule has 0 spiro atoms. The summed E-state index contributed by atoms with van der Waals surface area (Å²) in [6, 6.07) is 2.80. The molecule has 1 rings (SSSR count). The molecule has 0 saturated carbocycles. The van der Waals surface area contributed by atoms with Gasteiger partial charge >= 0.3 is 0 Å². The van der Waals surface area contributed by atoms with Crippen LogP contribution in [-0.4, -0.2) is 0 Å². The first-order chi connectivity index (χ1) is 6.45. The standard InChI is InChI=1S/C8H6F3N3/c1-8(10,11)6-4-5(13-14-12)2-3-7(6)9/h2-4H,1H3. The molecule has 0 amide bonds. The van der Waals surface area contributed by atoms with Gasteiger partial charge < -0.3 is 0 Å². The van der Waals surface area contributed by atoms with Crippen molar-refractivity contribution >= 4 is 5.69 Å². The number of azide groups is 1. The molecule has 1 aromatic rings. The highest BCUT2D eigenvalue weighted by molar-refractivity contribution is 5.42. The van der Waals surface area contributed by atoms with Crippen LogP contribution in [0.15, 0.2) is 23.3 Å². The van der Waals surface area contributed by atoms with Crippen LogP contribution in [0, 0.1) is 5.82 Å². The smallest absolute Gasteiger partial charge is 0.206 e. The van der Waals surface area contributed by atoms with Crippen LogP contribution in [0.4, 0.5) is 18.9 Å². The second kappa shape index (κ2) is 3.59. The van der Waals surface area contributed by atoms with Gasteiger partial charge in [0.2, 0.25) is 0 Å². The molecule has 0 bridgehead atoms. The van der Waals surface area contributed by atoms with Gasteiger partial charge in [-0.15, -0.1) is 0 Å². The van der Waals surface area contributed by atoms with Crippen LogP contribution in [0.25, 0.3) is 10.4 Å². The minimum absolute atomic E-state index is 0.0366. The van der Waals surface area contributed by atoms with Crippen molar-refractivity contribution in [3.8, 4) is 0 Å². The van der Waals surface area contributed by atoms with Crippen LogP contribution in [0.3, 0.4) is 0 Å². The molecule has 3 nitrogen and oxygen atoms in total. The maximum absolute atomic E-state index is 12.9. The Morgan fingerprint density at radius 3 is 2.57 bits per heavy atom. The van der Waals surface area contributed by atoms with Crippen molar-refractivity contribution in [1.29, 1.82) is 0 Å². The lowest BCUT2D eigenvalue weighted by atomic mass is 10.1. The Morgan fingerprint density at radius 2 is 2.07 bits per heavy atom. The van der Waals surface area contributed by atoms with Crippen LogP contribution in [0.2, 0.25) is 0 Å². The van der Waals surface area contributed by atoms with Crippen molar-refractivity contribution in [2.24, 2.45) is 5.11 Å². The Labute approximate surface area is 77.8 Å². The van der Waals surface area contributed by atoms with E-state index in [4.69, 9.17) is 5.53 Å². The number of alkyl halides is 2. The highest BCUT2D eigenvalue weighted by atomic mass is 19.3. The summed E-state index contributed by atoms with van der Waals surface area (Å²) < 4.78 is 38.4. The molecule has 0 atom stereocenters. The minimum atomic E-state index is -3.29. The summed E-state index contributed by atoms with van der Waals surface area (Å²) in [6.07, 6.45) is 0. The number of hydrogen-bond acceptors (Lipinski definition) is 1. The fourth-order valence-corrected chi connectivity index (χ4v) is 0.964. The molecule has 0 aromatic heterocycles. The van der Waals surface area contributed by atoms with Gasteiger partial charge in [-0.2, -0.15) is 0 Å². The summed E-state index contributed by atoms with van der Waals surface area (Å²) >= 11 is 0. The lowest BCUT2D eigenvalue weighted by Gasteiger charge is -2.11. The van der Waals surface area contributed by atoms with E-state index in [1.54, 1.807) is 0 Å². The van der Waals surface area contributed by atoms with Crippen molar-refractivity contribution < 1.29 is 13.2 Å². The van der Waals surface area contributed by atoms with Crippen LogP contribution in [0.5, 0.6) is 0 Å². The van der Waals surface area contributed by atoms with Gasteiger partial charge in [-0.05, 0) is 23.7 Å². The van der Waals surface area contributed by atoms with Gasteiger partial charge in [-0.3, -0.25) is 0 Å². The van der Waals surface area contributed by atoms with E-state index in [0.29, 0.717) is 6.92 Å². The van der Waals surface area contributed by atoms with Crippen molar-refractivity contribution in [2.45, 2.75) is 12.8 Å². The summed E-state index contributed by atoms with van der Waals surface area (Å²) in [5.74, 6) is -4.31. The van der Waals surface area contributed by atoms with Gasteiger partial charge in [0.1, 0.15) is 5.82 Å². The van der Waals surface area contributed by atoms with E-state index < -0.39 is 17.3 Å². The van der Waals surface area contributed by atoms with E-state index in [1.165, 1.54) is 0 Å². The SMILES string of the molecule is CC(F)(F)c1cc(N=[N+]=[N-])ccc1F. The molecular weight excluding hydrogens is 195 g/mol. The molecule has 0 radical (unpaired) electrons. The zero-order valence-corrected chi connectivity index (χ0v) is 7.21. The molecule has 1 aromatic carbocycles. The topological polar surface area (TPSA) is 48.8 Å². The molecular formula is C8H6F3N3. The van der Waals surface area contributed by atoms with Gasteiger partial charge in [-0.1, -0.05) is 5.11 Å². The average Bonchev–Trinajstić information content (AvgIpc) is 2.07. The van der Waals surface area contributed by atoms with Crippen LogP contribution < -0.4 is 0 Å². The normalized spacial score (nSPS) is 10.9. The third-order valence-electron chi connectivity index (χ3n) is 1.58. The van der Waals surface area contributed by atoms with Gasteiger partial charge in [0.05, 0.1) is 5.56 Å². The Balaban J connectivity index is 3.28. The van der Waals surface area contributed by atoms with Gasteiger partial charge in [0, 0.05) is 17.5 Å². The van der Waals surface area contributed by atoms with Gasteiger partial charge in [0.25, 0.3) is 5.92 Å². The highest BCUT2D eigenvalue weighted by Gasteiger charge is 2.28. The summed E-state index contributed by atoms with van der Waals surface area (Å²) in [7, 11) is 0. The maximum atomic E-state index is 12.9. The molecule has 14 heavy (non-hydrogen) atoms. The second-order valence-corrected chi connectivity index (χ2v) is 2.74. The summed E-state index contributed by atoms with van der Waals surface area (Å²) in [5.41, 5.74) is 7.25. The van der Waals surface area contributed by atoms with Crippen LogP contribution >= 0.6 is 0 Å². The summed E-state index contributed by atoms with van der Waals surface area (Å²) in [6.45, 7) is 0.575. The van der Waals surface area contributed by atoms with E-state index in [1.807, 2.05) is 0 Å². The zero-order valence-electron chi connectivity index (χ0n) is 7.21. The van der Waals surface area contributed by atoms with E-state index >= 15 is 0 Å². The van der Waals surface area contributed by atoms with E-state index in [9.17, 15) is 13.2 Å². The van der Waals surface area contributed by atoms with Crippen molar-refractivity contribution in [2.75, 3.05) is 0 Å². The number of rotatable bonds is 2. The predicted octanol–water partition coefficient (Wildman–Crippen LogP) is 3.88. The quantitative estimate of drug-likeness (QED) is 0.396. The molecule has 0 aliphatic carbocycles. The fraction of sp³-hybridized carbons (Fsp3) is 0.250. The largest absolute Gasteiger partial charge is 0.273 e. The predicted molar refractivity (Wildman–Crippen MR) is 44.8 cm³/mol. The molecule has 0 aliphatic rings. The fourth-order valence-electron chi connectivity index (χ4n) is 0.964. The molecule has 74 valence electrons. The maximum Gasteiger partial charge on any atom is 0.273 e. The third-order valence-corrected chi connectivity index (χ3v) is 1.58. The monoisotopic (exact) mass is 201 g/mol. The summed E-state index contributed by atoms with van der Waals surface area (Å²) in [5, 5.41) is 3.10.